The molecule has 0 amide bonds. The van der Waals surface area contributed by atoms with Crippen LogP contribution in [-0.4, -0.2) is 97.6 Å². The Morgan fingerprint density at radius 1 is 0.895 bits per heavy atom. The van der Waals surface area contributed by atoms with E-state index in [4.69, 9.17) is 0 Å². The van der Waals surface area contributed by atoms with Gasteiger partial charge in [0.2, 0.25) is 0 Å². The fourth-order valence-corrected chi connectivity index (χ4v) is 5.27. The number of piperazine rings is 2. The monoisotopic (exact) mass is 286 g/mol. The molecule has 1 atom stereocenters. The van der Waals surface area contributed by atoms with Gasteiger partial charge in [0.05, 0.1) is 0 Å². The maximum atomic E-state index is 4.15. The van der Waals surface area contributed by atoms with Gasteiger partial charge in [-0.3, -0.25) is 9.21 Å². The highest BCUT2D eigenvalue weighted by molar-refractivity contribution is 8.33. The van der Waals surface area contributed by atoms with Crippen molar-refractivity contribution in [1.82, 2.24) is 19.0 Å². The number of hydrogen-bond acceptors (Lipinski definition) is 4. The van der Waals surface area contributed by atoms with Crippen LogP contribution in [0.15, 0.2) is 12.0 Å². The van der Waals surface area contributed by atoms with E-state index in [-0.39, 0.29) is 0 Å². The molecule has 112 valence electrons. The van der Waals surface area contributed by atoms with Gasteiger partial charge in [0.15, 0.2) is 0 Å². The molecule has 0 aromatic heterocycles. The molecule has 2 aliphatic rings. The van der Waals surface area contributed by atoms with Crippen LogP contribution in [0.25, 0.3) is 0 Å². The Bertz CT molecular complexity index is 296. The zero-order valence-electron chi connectivity index (χ0n) is 12.8. The van der Waals surface area contributed by atoms with E-state index in [0.29, 0.717) is 0 Å². The summed E-state index contributed by atoms with van der Waals surface area (Å²) in [5.41, 5.74) is 0. The van der Waals surface area contributed by atoms with Crippen molar-refractivity contribution in [3.8, 4) is 0 Å². The highest BCUT2D eigenvalue weighted by Crippen LogP contribution is 2.49. The molecule has 1 unspecified atom stereocenters. The minimum Gasteiger partial charge on any atom is -0.304 e. The lowest BCUT2D eigenvalue weighted by molar-refractivity contribution is 0.171. The van der Waals surface area contributed by atoms with Gasteiger partial charge in [-0.25, -0.2) is 0 Å². The fraction of sp³-hybridized carbons (Fsp3) is 0.857. The smallest absolute Gasteiger partial charge is 0.0437 e. The minimum atomic E-state index is -0.841. The van der Waals surface area contributed by atoms with Gasteiger partial charge in [-0.2, -0.15) is 10.2 Å². The van der Waals surface area contributed by atoms with E-state index in [1.165, 1.54) is 58.2 Å². The summed E-state index contributed by atoms with van der Waals surface area (Å²) in [6.45, 7) is 13.8. The molecule has 0 saturated carbocycles. The quantitative estimate of drug-likeness (QED) is 0.762. The lowest BCUT2D eigenvalue weighted by Gasteiger charge is -2.50. The van der Waals surface area contributed by atoms with Crippen LogP contribution >= 0.6 is 10.2 Å². The third kappa shape index (κ3) is 3.95. The molecule has 2 rings (SSSR count). The van der Waals surface area contributed by atoms with Crippen molar-refractivity contribution < 1.29 is 0 Å². The first-order chi connectivity index (χ1) is 9.03. The van der Waals surface area contributed by atoms with Gasteiger partial charge in [-0.05, 0) is 25.8 Å². The van der Waals surface area contributed by atoms with Crippen molar-refractivity contribution >= 4 is 10.2 Å². The summed E-state index contributed by atoms with van der Waals surface area (Å²) in [4.78, 5) is 7.48. The number of rotatable bonds is 4. The fourth-order valence-electron chi connectivity index (χ4n) is 2.79. The zero-order chi connectivity index (χ0) is 13.9. The van der Waals surface area contributed by atoms with Crippen molar-refractivity contribution in [2.45, 2.75) is 0 Å². The largest absolute Gasteiger partial charge is 0.304 e. The molecule has 2 saturated heterocycles. The molecule has 2 aliphatic heterocycles. The van der Waals surface area contributed by atoms with Gasteiger partial charge in [-0.1, -0.05) is 6.58 Å². The lowest BCUT2D eigenvalue weighted by Crippen LogP contribution is -2.50. The average molecular weight is 286 g/mol. The van der Waals surface area contributed by atoms with Gasteiger partial charge < -0.3 is 9.80 Å². The van der Waals surface area contributed by atoms with Crippen LogP contribution in [0.3, 0.4) is 0 Å². The molecule has 0 aromatic rings. The Hall–Kier alpha value is -0.0700. The molecule has 0 N–H and O–H groups in total. The van der Waals surface area contributed by atoms with Crippen molar-refractivity contribution in [1.29, 1.82) is 0 Å². The van der Waals surface area contributed by atoms with E-state index in [1.54, 1.807) is 0 Å². The van der Waals surface area contributed by atoms with Crippen LogP contribution in [0.1, 0.15) is 0 Å². The first kappa shape index (κ1) is 15.3. The summed E-state index contributed by atoms with van der Waals surface area (Å²) < 4.78 is 2.69. The SMILES string of the molecule is C=CS(C)(CN1CCN(C)CC1)N1CCN(C)CC1. The Morgan fingerprint density at radius 3 is 1.84 bits per heavy atom. The van der Waals surface area contributed by atoms with Crippen LogP contribution in [0.5, 0.6) is 0 Å². The standard InChI is InChI=1S/C14H30N4S/c1-5-19(4,18-12-8-16(3)9-13-18)14-17-10-6-15(2)7-11-17/h5H,1,6-14H2,2-4H3. The highest BCUT2D eigenvalue weighted by Gasteiger charge is 2.29. The predicted octanol–water partition coefficient (Wildman–Crippen LogP) is 0.932. The van der Waals surface area contributed by atoms with Crippen LogP contribution in [0.2, 0.25) is 0 Å². The Morgan fingerprint density at radius 2 is 1.37 bits per heavy atom. The van der Waals surface area contributed by atoms with E-state index in [0.717, 1.165) is 0 Å². The van der Waals surface area contributed by atoms with Crippen molar-refractivity contribution in [3.63, 3.8) is 0 Å². The predicted molar refractivity (Wildman–Crippen MR) is 86.7 cm³/mol. The maximum absolute atomic E-state index is 4.15. The third-order valence-electron chi connectivity index (χ3n) is 4.45. The maximum Gasteiger partial charge on any atom is 0.0437 e. The first-order valence-corrected chi connectivity index (χ1v) is 9.49. The van der Waals surface area contributed by atoms with E-state index in [1.807, 2.05) is 0 Å². The van der Waals surface area contributed by atoms with E-state index in [2.05, 4.69) is 51.3 Å². The summed E-state index contributed by atoms with van der Waals surface area (Å²) in [5, 5.41) is 2.25. The molecular weight excluding hydrogens is 256 g/mol. The molecule has 0 aliphatic carbocycles. The Labute approximate surface area is 120 Å². The lowest BCUT2D eigenvalue weighted by atomic mass is 10.4. The van der Waals surface area contributed by atoms with Crippen molar-refractivity contribution in [3.05, 3.63) is 12.0 Å². The second-order valence-electron chi connectivity index (χ2n) is 6.06. The molecular formula is C14H30N4S. The highest BCUT2D eigenvalue weighted by atomic mass is 32.3. The van der Waals surface area contributed by atoms with Gasteiger partial charge >= 0.3 is 0 Å². The van der Waals surface area contributed by atoms with Crippen molar-refractivity contribution in [2.75, 3.05) is 78.6 Å². The van der Waals surface area contributed by atoms with Crippen LogP contribution in [-0.2, 0) is 0 Å². The summed E-state index contributed by atoms with van der Waals surface area (Å²) in [6.07, 6.45) is 2.43. The van der Waals surface area contributed by atoms with E-state index < -0.39 is 10.2 Å². The van der Waals surface area contributed by atoms with Gasteiger partial charge in [-0.15, -0.1) is 0 Å². The normalized spacial score (nSPS) is 29.8. The minimum absolute atomic E-state index is 0.841. The van der Waals surface area contributed by atoms with Gasteiger partial charge in [0.1, 0.15) is 0 Å². The molecule has 0 aromatic carbocycles. The molecule has 5 heteroatoms. The average Bonchev–Trinajstić information content (AvgIpc) is 2.42. The van der Waals surface area contributed by atoms with E-state index >= 15 is 0 Å². The molecule has 4 nitrogen and oxygen atoms in total. The van der Waals surface area contributed by atoms with Crippen LogP contribution < -0.4 is 0 Å². The molecule has 0 bridgehead atoms. The Kier molecular flexibility index (Phi) is 5.31. The number of likely N-dealkylation sites (N-methyl/N-ethyl adjacent to an activating group) is 2. The summed E-state index contributed by atoms with van der Waals surface area (Å²) in [5.74, 6) is 1.20. The molecule has 2 fully saturated rings. The summed E-state index contributed by atoms with van der Waals surface area (Å²) in [6, 6.07) is 0. The third-order valence-corrected chi connectivity index (χ3v) is 7.60. The molecule has 0 spiro atoms. The second kappa shape index (κ2) is 6.59. The number of hydrogen-bond donors (Lipinski definition) is 0. The number of nitrogens with zero attached hydrogens (tertiary/aromatic N) is 4. The Balaban J connectivity index is 1.92. The van der Waals surface area contributed by atoms with E-state index in [9.17, 15) is 0 Å². The molecule has 0 radical (unpaired) electrons. The van der Waals surface area contributed by atoms with Gasteiger partial charge in [0, 0.05) is 58.2 Å². The summed E-state index contributed by atoms with van der Waals surface area (Å²) >= 11 is 0. The van der Waals surface area contributed by atoms with Crippen molar-refractivity contribution in [2.24, 2.45) is 0 Å². The molecule has 2 heterocycles. The second-order valence-corrected chi connectivity index (χ2v) is 9.38. The zero-order valence-corrected chi connectivity index (χ0v) is 13.7. The first-order valence-electron chi connectivity index (χ1n) is 7.26. The topological polar surface area (TPSA) is 13.0 Å². The van der Waals surface area contributed by atoms with Crippen LogP contribution in [0.4, 0.5) is 0 Å². The van der Waals surface area contributed by atoms with Crippen LogP contribution in [0, 0.1) is 0 Å². The molecule has 19 heavy (non-hydrogen) atoms. The van der Waals surface area contributed by atoms with Gasteiger partial charge in [0.25, 0.3) is 0 Å². The summed E-state index contributed by atoms with van der Waals surface area (Å²) in [7, 11) is 3.60.